The molecule has 0 aromatic heterocycles. The van der Waals surface area contributed by atoms with Crippen LogP contribution < -0.4 is 0 Å². The van der Waals surface area contributed by atoms with Crippen molar-refractivity contribution in [1.29, 1.82) is 0 Å². The van der Waals surface area contributed by atoms with Gasteiger partial charge in [0.25, 0.3) is 0 Å². The second kappa shape index (κ2) is 5.58. The third-order valence-corrected chi connectivity index (χ3v) is 6.90. The zero-order chi connectivity index (χ0) is 18.9. The van der Waals surface area contributed by atoms with E-state index in [1.165, 1.54) is 76.8 Å². The summed E-state index contributed by atoms with van der Waals surface area (Å²) in [5, 5.41) is 8.64. The summed E-state index contributed by atoms with van der Waals surface area (Å²) < 4.78 is 0. The lowest BCUT2D eigenvalue weighted by molar-refractivity contribution is 1.34. The lowest BCUT2D eigenvalue weighted by Gasteiger charge is -2.22. The van der Waals surface area contributed by atoms with Crippen LogP contribution in [0.4, 0.5) is 0 Å². The second-order valence-corrected chi connectivity index (χ2v) is 8.11. The van der Waals surface area contributed by atoms with Crippen LogP contribution in [0.15, 0.2) is 24.3 Å². The molecule has 0 saturated carbocycles. The van der Waals surface area contributed by atoms with Gasteiger partial charge in [0.05, 0.1) is 0 Å². The molecule has 4 rings (SSSR count). The van der Waals surface area contributed by atoms with Gasteiger partial charge in [-0.2, -0.15) is 0 Å². The highest BCUT2D eigenvalue weighted by Gasteiger charge is 2.19. The molecule has 4 aromatic rings. The highest BCUT2D eigenvalue weighted by molar-refractivity contribution is 6.23. The highest BCUT2D eigenvalue weighted by Crippen LogP contribution is 2.43. The fourth-order valence-corrected chi connectivity index (χ4v) is 4.68. The Morgan fingerprint density at radius 3 is 1.04 bits per heavy atom. The molecule has 0 aliphatic heterocycles. The van der Waals surface area contributed by atoms with Crippen molar-refractivity contribution in [2.45, 2.75) is 55.4 Å². The van der Waals surface area contributed by atoms with E-state index in [0.717, 1.165) is 0 Å². The van der Waals surface area contributed by atoms with Crippen molar-refractivity contribution in [2.75, 3.05) is 0 Å². The van der Waals surface area contributed by atoms with Crippen LogP contribution in [0.3, 0.4) is 0 Å². The summed E-state index contributed by atoms with van der Waals surface area (Å²) in [4.78, 5) is 0. The predicted molar refractivity (Wildman–Crippen MR) is 117 cm³/mol. The minimum Gasteiger partial charge on any atom is -0.0584 e. The molecule has 4 aromatic carbocycles. The fourth-order valence-electron chi connectivity index (χ4n) is 4.68. The first kappa shape index (κ1) is 17.1. The lowest BCUT2D eigenvalue weighted by Crippen LogP contribution is -1.99. The summed E-state index contributed by atoms with van der Waals surface area (Å²) in [6.07, 6.45) is 0. The van der Waals surface area contributed by atoms with E-state index in [0.29, 0.717) is 0 Å². The smallest absolute Gasteiger partial charge is 0.00613 e. The van der Waals surface area contributed by atoms with Crippen molar-refractivity contribution < 1.29 is 0 Å². The maximum absolute atomic E-state index is 2.32. The fraction of sp³-hybridized carbons (Fsp3) is 0.308. The molecule has 0 unspecified atom stereocenters. The third kappa shape index (κ3) is 2.02. The Kier molecular flexibility index (Phi) is 3.67. The molecule has 0 spiro atoms. The van der Waals surface area contributed by atoms with Gasteiger partial charge in [-0.15, -0.1) is 0 Å². The highest BCUT2D eigenvalue weighted by atomic mass is 14.2. The Morgan fingerprint density at radius 1 is 0.346 bits per heavy atom. The molecule has 132 valence electrons. The van der Waals surface area contributed by atoms with Crippen LogP contribution in [0.25, 0.3) is 32.3 Å². The number of aryl methyl sites for hydroxylation is 8. The number of rotatable bonds is 0. The monoisotopic (exact) mass is 340 g/mol. The van der Waals surface area contributed by atoms with E-state index in [-0.39, 0.29) is 0 Å². The van der Waals surface area contributed by atoms with Gasteiger partial charge < -0.3 is 0 Å². The first-order chi connectivity index (χ1) is 12.3. The Hall–Kier alpha value is -2.34. The number of fused-ring (bicyclic) bond motifs is 5. The van der Waals surface area contributed by atoms with Gasteiger partial charge in [0, 0.05) is 0 Å². The lowest BCUT2D eigenvalue weighted by atomic mass is 9.82. The van der Waals surface area contributed by atoms with Crippen LogP contribution in [0, 0.1) is 55.4 Å². The second-order valence-electron chi connectivity index (χ2n) is 8.11. The van der Waals surface area contributed by atoms with Crippen molar-refractivity contribution in [3.05, 3.63) is 68.8 Å². The molecule has 0 heteroatoms. The van der Waals surface area contributed by atoms with Gasteiger partial charge in [-0.05, 0) is 132 Å². The largest absolute Gasteiger partial charge is 0.0584 e. The molecule has 0 N–H and O–H groups in total. The molecule has 0 bridgehead atoms. The van der Waals surface area contributed by atoms with E-state index >= 15 is 0 Å². The van der Waals surface area contributed by atoms with Crippen LogP contribution in [0.1, 0.15) is 44.5 Å². The summed E-state index contributed by atoms with van der Waals surface area (Å²) in [5.74, 6) is 0. The van der Waals surface area contributed by atoms with Gasteiger partial charge in [-0.1, -0.05) is 24.3 Å². The zero-order valence-electron chi connectivity index (χ0n) is 17.3. The van der Waals surface area contributed by atoms with Gasteiger partial charge in [0.15, 0.2) is 0 Å². The quantitative estimate of drug-likeness (QED) is 0.289. The maximum Gasteiger partial charge on any atom is -0.00613 e. The molecule has 0 amide bonds. The molecule has 0 aliphatic rings. The Bertz CT molecular complexity index is 1140. The minimum atomic E-state index is 1.38. The molecule has 0 nitrogen and oxygen atoms in total. The van der Waals surface area contributed by atoms with Crippen molar-refractivity contribution >= 4 is 32.3 Å². The van der Waals surface area contributed by atoms with Crippen LogP contribution in [-0.4, -0.2) is 0 Å². The summed E-state index contributed by atoms with van der Waals surface area (Å²) in [7, 11) is 0. The topological polar surface area (TPSA) is 0 Å². The average molecular weight is 341 g/mol. The molecule has 0 aliphatic carbocycles. The third-order valence-electron chi connectivity index (χ3n) is 6.90. The van der Waals surface area contributed by atoms with Crippen molar-refractivity contribution in [2.24, 2.45) is 0 Å². The summed E-state index contributed by atoms with van der Waals surface area (Å²) in [5.41, 5.74) is 11.3. The molecule has 0 atom stereocenters. The first-order valence-corrected chi connectivity index (χ1v) is 9.57. The van der Waals surface area contributed by atoms with E-state index < -0.39 is 0 Å². The van der Waals surface area contributed by atoms with Crippen molar-refractivity contribution in [3.63, 3.8) is 0 Å². The van der Waals surface area contributed by atoms with E-state index in [2.05, 4.69) is 79.7 Å². The Morgan fingerprint density at radius 2 is 0.692 bits per heavy atom. The predicted octanol–water partition coefficient (Wildman–Crippen LogP) is 7.61. The van der Waals surface area contributed by atoms with E-state index in [9.17, 15) is 0 Å². The van der Waals surface area contributed by atoms with Gasteiger partial charge in [0.2, 0.25) is 0 Å². The molecular weight excluding hydrogens is 312 g/mol. The van der Waals surface area contributed by atoms with Crippen molar-refractivity contribution in [3.8, 4) is 0 Å². The van der Waals surface area contributed by atoms with Crippen LogP contribution >= 0.6 is 0 Å². The summed E-state index contributed by atoms with van der Waals surface area (Å²) in [6, 6.07) is 9.19. The number of hydrogen-bond acceptors (Lipinski definition) is 0. The van der Waals surface area contributed by atoms with E-state index in [1.807, 2.05) is 0 Å². The Labute approximate surface area is 156 Å². The molecule has 0 heterocycles. The SMILES string of the molecule is Cc1ccc2c(C)c(C)c3c4c(C)c(C)ccc4c(C)c(C)c3c2c1C. The van der Waals surface area contributed by atoms with E-state index in [1.54, 1.807) is 0 Å². The molecule has 0 radical (unpaired) electrons. The van der Waals surface area contributed by atoms with E-state index in [4.69, 9.17) is 0 Å². The van der Waals surface area contributed by atoms with Gasteiger partial charge in [-0.3, -0.25) is 0 Å². The average Bonchev–Trinajstić information content (AvgIpc) is 2.61. The van der Waals surface area contributed by atoms with Crippen molar-refractivity contribution in [1.82, 2.24) is 0 Å². The molecule has 26 heavy (non-hydrogen) atoms. The van der Waals surface area contributed by atoms with Crippen LogP contribution in [0.2, 0.25) is 0 Å². The minimum absolute atomic E-state index is 1.38. The summed E-state index contributed by atoms with van der Waals surface area (Å²) >= 11 is 0. The van der Waals surface area contributed by atoms with Gasteiger partial charge >= 0.3 is 0 Å². The van der Waals surface area contributed by atoms with Crippen LogP contribution in [0.5, 0.6) is 0 Å². The van der Waals surface area contributed by atoms with Gasteiger partial charge in [0.1, 0.15) is 0 Å². The summed E-state index contributed by atoms with van der Waals surface area (Å²) in [6.45, 7) is 18.2. The normalized spacial score (nSPS) is 11.8. The number of hydrogen-bond donors (Lipinski definition) is 0. The maximum atomic E-state index is 2.32. The standard InChI is InChI=1S/C26H28/c1-13-9-11-21-17(5)20(8)26-24-16(4)14(2)10-12-22(24)18(6)19(7)25(26)23(21)15(13)3/h9-12H,1-8H3. The zero-order valence-corrected chi connectivity index (χ0v) is 17.3. The van der Waals surface area contributed by atoms with Crippen LogP contribution in [-0.2, 0) is 0 Å². The molecule has 0 fully saturated rings. The molecular formula is C26H28. The molecule has 0 saturated heterocycles. The number of benzene rings is 4. The van der Waals surface area contributed by atoms with Gasteiger partial charge in [-0.25, -0.2) is 0 Å². The first-order valence-electron chi connectivity index (χ1n) is 9.57. The Balaban J connectivity index is 2.52.